The number of nitrogens with zero attached hydrogens (tertiary/aromatic N) is 1. The minimum atomic E-state index is -0.327. The van der Waals surface area contributed by atoms with Crippen molar-refractivity contribution in [1.29, 1.82) is 0 Å². The van der Waals surface area contributed by atoms with Crippen LogP contribution in [0.15, 0.2) is 0 Å². The largest absolute Gasteiger partial charge is 0.354 e. The Kier molecular flexibility index (Phi) is 7.29. The maximum absolute atomic E-state index is 11.6. The van der Waals surface area contributed by atoms with Crippen LogP contribution in [0.5, 0.6) is 0 Å². The van der Waals surface area contributed by atoms with Crippen molar-refractivity contribution in [2.24, 2.45) is 16.9 Å². The molecule has 0 bridgehead atoms. The number of carbonyl (C=O) groups is 1. The van der Waals surface area contributed by atoms with Gasteiger partial charge in [0.25, 0.3) is 0 Å². The zero-order chi connectivity index (χ0) is 12.6. The zero-order valence-corrected chi connectivity index (χ0v) is 10.8. The summed E-state index contributed by atoms with van der Waals surface area (Å²) in [4.78, 5) is 13.7. The van der Waals surface area contributed by atoms with Gasteiger partial charge in [-0.1, -0.05) is 20.8 Å². The van der Waals surface area contributed by atoms with Crippen molar-refractivity contribution < 1.29 is 4.79 Å². The Morgan fingerprint density at radius 3 is 2.00 bits per heavy atom. The molecule has 96 valence electrons. The second kappa shape index (κ2) is 7.60. The highest BCUT2D eigenvalue weighted by Crippen LogP contribution is 2.11. The molecule has 0 aliphatic heterocycles. The average Bonchev–Trinajstić information content (AvgIpc) is 2.16. The fourth-order valence-corrected chi connectivity index (χ4v) is 1.29. The first kappa shape index (κ1) is 15.3. The van der Waals surface area contributed by atoms with E-state index in [2.05, 4.69) is 10.2 Å². The van der Waals surface area contributed by atoms with E-state index < -0.39 is 0 Å². The van der Waals surface area contributed by atoms with Gasteiger partial charge in [0.1, 0.15) is 0 Å². The molecule has 0 rings (SSSR count). The predicted octanol–water partition coefficient (Wildman–Crippen LogP) is -0.632. The van der Waals surface area contributed by atoms with Gasteiger partial charge in [0, 0.05) is 44.7 Å². The van der Waals surface area contributed by atoms with Gasteiger partial charge in [-0.15, -0.1) is 0 Å². The molecule has 5 heteroatoms. The van der Waals surface area contributed by atoms with Crippen LogP contribution in [0, 0.1) is 5.41 Å². The Morgan fingerprint density at radius 2 is 1.62 bits per heavy atom. The highest BCUT2D eigenvalue weighted by atomic mass is 16.2. The summed E-state index contributed by atoms with van der Waals surface area (Å²) in [5, 5.41) is 2.91. The van der Waals surface area contributed by atoms with Crippen LogP contribution in [0.2, 0.25) is 0 Å². The molecule has 0 unspecified atom stereocenters. The molecular formula is C11H26N4O. The first-order valence-electron chi connectivity index (χ1n) is 5.82. The smallest absolute Gasteiger partial charge is 0.225 e. The average molecular weight is 230 g/mol. The summed E-state index contributed by atoms with van der Waals surface area (Å²) in [7, 11) is 0. The van der Waals surface area contributed by atoms with Gasteiger partial charge in [-0.3, -0.25) is 9.69 Å². The quantitative estimate of drug-likeness (QED) is 0.543. The van der Waals surface area contributed by atoms with Crippen LogP contribution in [0.25, 0.3) is 0 Å². The van der Waals surface area contributed by atoms with E-state index in [1.807, 2.05) is 20.8 Å². The zero-order valence-electron chi connectivity index (χ0n) is 10.8. The van der Waals surface area contributed by atoms with Crippen LogP contribution in [0.1, 0.15) is 20.8 Å². The summed E-state index contributed by atoms with van der Waals surface area (Å²) in [5.41, 5.74) is 10.7. The van der Waals surface area contributed by atoms with Gasteiger partial charge in [-0.2, -0.15) is 0 Å². The number of hydrogen-bond acceptors (Lipinski definition) is 4. The van der Waals surface area contributed by atoms with Crippen molar-refractivity contribution in [2.75, 3.05) is 39.3 Å². The SMILES string of the molecule is CC(C)(C)C(=O)NCCN(CCN)CCN. The van der Waals surface area contributed by atoms with Crippen molar-refractivity contribution in [2.45, 2.75) is 20.8 Å². The van der Waals surface area contributed by atoms with Gasteiger partial charge < -0.3 is 16.8 Å². The fraction of sp³-hybridized carbons (Fsp3) is 0.909. The van der Waals surface area contributed by atoms with E-state index in [9.17, 15) is 4.79 Å². The van der Waals surface area contributed by atoms with Crippen LogP contribution < -0.4 is 16.8 Å². The monoisotopic (exact) mass is 230 g/mol. The highest BCUT2D eigenvalue weighted by molar-refractivity contribution is 5.81. The van der Waals surface area contributed by atoms with Crippen molar-refractivity contribution in [3.05, 3.63) is 0 Å². The van der Waals surface area contributed by atoms with E-state index in [-0.39, 0.29) is 11.3 Å². The lowest BCUT2D eigenvalue weighted by molar-refractivity contribution is -0.128. The third kappa shape index (κ3) is 6.76. The lowest BCUT2D eigenvalue weighted by Crippen LogP contribution is -2.42. The molecule has 0 aliphatic rings. The molecule has 0 radical (unpaired) electrons. The maximum atomic E-state index is 11.6. The minimum Gasteiger partial charge on any atom is -0.354 e. The van der Waals surface area contributed by atoms with Gasteiger partial charge in [-0.25, -0.2) is 0 Å². The van der Waals surface area contributed by atoms with Crippen LogP contribution in [0.3, 0.4) is 0 Å². The molecule has 0 spiro atoms. The second-order valence-corrected chi connectivity index (χ2v) is 4.92. The molecule has 0 fully saturated rings. The first-order chi connectivity index (χ1) is 7.41. The summed E-state index contributed by atoms with van der Waals surface area (Å²) >= 11 is 0. The Balaban J connectivity index is 3.81. The predicted molar refractivity (Wildman–Crippen MR) is 67.0 cm³/mol. The molecule has 0 aromatic heterocycles. The molecule has 5 nitrogen and oxygen atoms in total. The minimum absolute atomic E-state index is 0.0768. The molecule has 0 aromatic rings. The van der Waals surface area contributed by atoms with E-state index in [4.69, 9.17) is 11.5 Å². The van der Waals surface area contributed by atoms with Gasteiger partial charge in [-0.05, 0) is 0 Å². The maximum Gasteiger partial charge on any atom is 0.225 e. The van der Waals surface area contributed by atoms with Gasteiger partial charge in [0.05, 0.1) is 0 Å². The van der Waals surface area contributed by atoms with Gasteiger partial charge in [0.2, 0.25) is 5.91 Å². The number of nitrogens with two attached hydrogens (primary N) is 2. The number of hydrogen-bond donors (Lipinski definition) is 3. The second-order valence-electron chi connectivity index (χ2n) is 4.92. The molecule has 0 atom stereocenters. The summed E-state index contributed by atoms with van der Waals surface area (Å²) in [6, 6.07) is 0. The lowest BCUT2D eigenvalue weighted by Gasteiger charge is -2.22. The number of rotatable bonds is 7. The molecule has 1 amide bonds. The number of amides is 1. The van der Waals surface area contributed by atoms with Crippen LogP contribution in [-0.2, 0) is 4.79 Å². The first-order valence-corrected chi connectivity index (χ1v) is 5.82. The van der Waals surface area contributed by atoms with Crippen molar-refractivity contribution in [3.8, 4) is 0 Å². The van der Waals surface area contributed by atoms with Crippen LogP contribution in [0.4, 0.5) is 0 Å². The Morgan fingerprint density at radius 1 is 1.12 bits per heavy atom. The standard InChI is InChI=1S/C11H26N4O/c1-11(2,3)10(16)14-6-9-15(7-4-12)8-5-13/h4-9,12-13H2,1-3H3,(H,14,16). The summed E-state index contributed by atoms with van der Waals surface area (Å²) in [5.74, 6) is 0.0768. The van der Waals surface area contributed by atoms with E-state index in [0.717, 1.165) is 19.6 Å². The summed E-state index contributed by atoms with van der Waals surface area (Å²) in [6.45, 7) is 10.0. The van der Waals surface area contributed by atoms with Gasteiger partial charge >= 0.3 is 0 Å². The highest BCUT2D eigenvalue weighted by Gasteiger charge is 2.20. The van der Waals surface area contributed by atoms with Crippen LogP contribution in [-0.4, -0.2) is 50.1 Å². The molecule has 16 heavy (non-hydrogen) atoms. The fourth-order valence-electron chi connectivity index (χ4n) is 1.29. The van der Waals surface area contributed by atoms with E-state index >= 15 is 0 Å². The molecule has 5 N–H and O–H groups in total. The summed E-state index contributed by atoms with van der Waals surface area (Å²) < 4.78 is 0. The Bertz CT molecular complexity index is 195. The van der Waals surface area contributed by atoms with E-state index in [0.29, 0.717) is 19.6 Å². The molecule has 0 aliphatic carbocycles. The van der Waals surface area contributed by atoms with Crippen molar-refractivity contribution in [1.82, 2.24) is 10.2 Å². The van der Waals surface area contributed by atoms with E-state index in [1.165, 1.54) is 0 Å². The number of nitrogens with one attached hydrogen (secondary N) is 1. The molecule has 0 heterocycles. The molecule has 0 saturated heterocycles. The normalized spacial score (nSPS) is 11.9. The molecular weight excluding hydrogens is 204 g/mol. The molecule has 0 saturated carbocycles. The van der Waals surface area contributed by atoms with Crippen molar-refractivity contribution in [3.63, 3.8) is 0 Å². The molecule has 0 aromatic carbocycles. The topological polar surface area (TPSA) is 84.4 Å². The Hall–Kier alpha value is -0.650. The van der Waals surface area contributed by atoms with Crippen molar-refractivity contribution >= 4 is 5.91 Å². The Labute approximate surface area is 98.5 Å². The number of carbonyl (C=O) groups excluding carboxylic acids is 1. The summed E-state index contributed by atoms with van der Waals surface area (Å²) in [6.07, 6.45) is 0. The van der Waals surface area contributed by atoms with Gasteiger partial charge in [0.15, 0.2) is 0 Å². The lowest BCUT2D eigenvalue weighted by atomic mass is 9.96. The third-order valence-electron chi connectivity index (χ3n) is 2.29. The van der Waals surface area contributed by atoms with Crippen LogP contribution >= 0.6 is 0 Å². The van der Waals surface area contributed by atoms with E-state index in [1.54, 1.807) is 0 Å². The third-order valence-corrected chi connectivity index (χ3v) is 2.29.